The van der Waals surface area contributed by atoms with Gasteiger partial charge >= 0.3 is 0 Å². The van der Waals surface area contributed by atoms with Crippen molar-refractivity contribution in [1.29, 1.82) is 0 Å². The molecule has 0 spiro atoms. The Morgan fingerprint density at radius 1 is 1.12 bits per heavy atom. The van der Waals surface area contributed by atoms with Crippen LogP contribution in [0.4, 0.5) is 0 Å². The van der Waals surface area contributed by atoms with E-state index in [1.54, 1.807) is 12.1 Å². The van der Waals surface area contributed by atoms with Crippen LogP contribution in [0, 0.1) is 0 Å². The summed E-state index contributed by atoms with van der Waals surface area (Å²) in [6.07, 6.45) is 0. The number of alkyl halides is 1. The molecule has 0 fully saturated rings. The summed E-state index contributed by atoms with van der Waals surface area (Å²) in [7, 11) is 0. The zero-order valence-corrected chi connectivity index (χ0v) is 11.8. The first-order chi connectivity index (χ1) is 8.19. The molecular formula is C12H8BrCl2NO. The Hall–Kier alpha value is -0.770. The van der Waals surface area contributed by atoms with Gasteiger partial charge in [0.05, 0.1) is 16.6 Å². The van der Waals surface area contributed by atoms with E-state index in [1.807, 2.05) is 24.3 Å². The molecule has 0 aliphatic carbocycles. The van der Waals surface area contributed by atoms with Gasteiger partial charge in [0.2, 0.25) is 5.88 Å². The number of benzene rings is 1. The molecular weight excluding hydrogens is 325 g/mol. The molecule has 2 rings (SSSR count). The van der Waals surface area contributed by atoms with E-state index in [1.165, 1.54) is 0 Å². The van der Waals surface area contributed by atoms with Gasteiger partial charge in [-0.1, -0.05) is 27.5 Å². The summed E-state index contributed by atoms with van der Waals surface area (Å²) < 4.78 is 6.58. The van der Waals surface area contributed by atoms with Gasteiger partial charge in [0, 0.05) is 10.5 Å². The van der Waals surface area contributed by atoms with E-state index in [0.29, 0.717) is 22.3 Å². The average Bonchev–Trinajstić information content (AvgIpc) is 2.34. The summed E-state index contributed by atoms with van der Waals surface area (Å²) in [6.45, 7) is 0. The monoisotopic (exact) mass is 331 g/mol. The first-order valence-corrected chi connectivity index (χ1v) is 6.54. The Balaban J connectivity index is 2.21. The largest absolute Gasteiger partial charge is 0.439 e. The molecule has 0 N–H and O–H groups in total. The molecule has 0 unspecified atom stereocenters. The zero-order chi connectivity index (χ0) is 12.3. The van der Waals surface area contributed by atoms with Gasteiger partial charge in [-0.05, 0) is 30.3 Å². The minimum Gasteiger partial charge on any atom is -0.439 e. The molecule has 1 aromatic carbocycles. The Labute approximate surface area is 118 Å². The van der Waals surface area contributed by atoms with Crippen molar-refractivity contribution in [1.82, 2.24) is 4.98 Å². The Bertz CT molecular complexity index is 516. The van der Waals surface area contributed by atoms with Crippen LogP contribution in [0.2, 0.25) is 5.02 Å². The van der Waals surface area contributed by atoms with Crippen molar-refractivity contribution < 1.29 is 4.74 Å². The molecule has 1 heterocycles. The second kappa shape index (κ2) is 5.71. The van der Waals surface area contributed by atoms with Gasteiger partial charge in [-0.2, -0.15) is 0 Å². The van der Waals surface area contributed by atoms with E-state index in [-0.39, 0.29) is 5.88 Å². The van der Waals surface area contributed by atoms with Crippen molar-refractivity contribution in [3.63, 3.8) is 0 Å². The number of hydrogen-bond donors (Lipinski definition) is 0. The quantitative estimate of drug-likeness (QED) is 0.735. The normalized spacial score (nSPS) is 10.3. The molecule has 2 aromatic rings. The highest BCUT2D eigenvalue weighted by molar-refractivity contribution is 9.10. The summed E-state index contributed by atoms with van der Waals surface area (Å²) in [4.78, 5) is 4.21. The van der Waals surface area contributed by atoms with Crippen molar-refractivity contribution in [2.24, 2.45) is 0 Å². The summed E-state index contributed by atoms with van der Waals surface area (Å²) >= 11 is 15.0. The fourth-order valence-electron chi connectivity index (χ4n) is 1.24. The predicted molar refractivity (Wildman–Crippen MR) is 73.0 cm³/mol. The molecule has 0 bridgehead atoms. The minimum atomic E-state index is 0.260. The number of halogens is 3. The van der Waals surface area contributed by atoms with Gasteiger partial charge in [-0.15, -0.1) is 11.6 Å². The number of nitrogens with zero attached hydrogens (tertiary/aromatic N) is 1. The van der Waals surface area contributed by atoms with Crippen LogP contribution in [0.3, 0.4) is 0 Å². The minimum absolute atomic E-state index is 0.260. The van der Waals surface area contributed by atoms with E-state index < -0.39 is 0 Å². The molecule has 0 amide bonds. The van der Waals surface area contributed by atoms with Gasteiger partial charge in [0.1, 0.15) is 5.75 Å². The SMILES string of the molecule is ClCc1nc(Oc2ccc(Br)cc2)ccc1Cl. The standard InChI is InChI=1S/C12H8BrCl2NO/c13-8-1-3-9(4-2-8)17-12-6-5-10(15)11(7-14)16-12/h1-6H,7H2. The van der Waals surface area contributed by atoms with Crippen molar-refractivity contribution in [2.45, 2.75) is 5.88 Å². The van der Waals surface area contributed by atoms with Gasteiger partial charge in [0.15, 0.2) is 0 Å². The van der Waals surface area contributed by atoms with Crippen LogP contribution in [-0.4, -0.2) is 4.98 Å². The predicted octanol–water partition coefficient (Wildman–Crippen LogP) is 5.03. The van der Waals surface area contributed by atoms with Gasteiger partial charge in [-0.3, -0.25) is 0 Å². The van der Waals surface area contributed by atoms with E-state index in [9.17, 15) is 0 Å². The van der Waals surface area contributed by atoms with E-state index in [2.05, 4.69) is 20.9 Å². The van der Waals surface area contributed by atoms with Crippen molar-refractivity contribution >= 4 is 39.1 Å². The Morgan fingerprint density at radius 2 is 1.82 bits per heavy atom. The summed E-state index contributed by atoms with van der Waals surface area (Å²) in [6, 6.07) is 10.9. The number of hydrogen-bond acceptors (Lipinski definition) is 2. The molecule has 0 aliphatic heterocycles. The van der Waals surface area contributed by atoms with E-state index in [4.69, 9.17) is 27.9 Å². The van der Waals surface area contributed by atoms with E-state index >= 15 is 0 Å². The highest BCUT2D eigenvalue weighted by Gasteiger charge is 2.04. The highest BCUT2D eigenvalue weighted by atomic mass is 79.9. The Kier molecular flexibility index (Phi) is 4.26. The third-order valence-electron chi connectivity index (χ3n) is 2.06. The second-order valence-corrected chi connectivity index (χ2v) is 4.86. The molecule has 17 heavy (non-hydrogen) atoms. The molecule has 5 heteroatoms. The van der Waals surface area contributed by atoms with Gasteiger partial charge in [0.25, 0.3) is 0 Å². The van der Waals surface area contributed by atoms with Crippen LogP contribution >= 0.6 is 39.1 Å². The molecule has 1 aromatic heterocycles. The zero-order valence-electron chi connectivity index (χ0n) is 8.66. The van der Waals surface area contributed by atoms with Crippen LogP contribution in [0.15, 0.2) is 40.9 Å². The average molecular weight is 333 g/mol. The number of rotatable bonds is 3. The molecule has 88 valence electrons. The maximum absolute atomic E-state index is 5.91. The summed E-state index contributed by atoms with van der Waals surface area (Å²) in [5.74, 6) is 1.45. The third-order valence-corrected chi connectivity index (χ3v) is 3.18. The smallest absolute Gasteiger partial charge is 0.219 e. The summed E-state index contributed by atoms with van der Waals surface area (Å²) in [5, 5.41) is 0.545. The lowest BCUT2D eigenvalue weighted by Gasteiger charge is -2.06. The lowest BCUT2D eigenvalue weighted by atomic mass is 10.3. The maximum atomic E-state index is 5.91. The van der Waals surface area contributed by atoms with Crippen LogP contribution in [-0.2, 0) is 5.88 Å². The van der Waals surface area contributed by atoms with Crippen LogP contribution in [0.5, 0.6) is 11.6 Å². The van der Waals surface area contributed by atoms with Crippen molar-refractivity contribution in [3.05, 3.63) is 51.6 Å². The highest BCUT2D eigenvalue weighted by Crippen LogP contribution is 2.25. The van der Waals surface area contributed by atoms with Gasteiger partial charge in [-0.25, -0.2) is 4.98 Å². The van der Waals surface area contributed by atoms with Crippen LogP contribution < -0.4 is 4.74 Å². The number of aromatic nitrogens is 1. The lowest BCUT2D eigenvalue weighted by Crippen LogP contribution is -1.92. The fraction of sp³-hybridized carbons (Fsp3) is 0.0833. The first kappa shape index (κ1) is 12.7. The van der Waals surface area contributed by atoms with Crippen LogP contribution in [0.1, 0.15) is 5.69 Å². The fourth-order valence-corrected chi connectivity index (χ4v) is 1.95. The van der Waals surface area contributed by atoms with Crippen molar-refractivity contribution in [2.75, 3.05) is 0 Å². The molecule has 0 saturated carbocycles. The van der Waals surface area contributed by atoms with Crippen molar-refractivity contribution in [3.8, 4) is 11.6 Å². The second-order valence-electron chi connectivity index (χ2n) is 3.27. The summed E-state index contributed by atoms with van der Waals surface area (Å²) in [5.41, 5.74) is 0.614. The maximum Gasteiger partial charge on any atom is 0.219 e. The first-order valence-electron chi connectivity index (χ1n) is 4.84. The molecule has 0 aliphatic rings. The Morgan fingerprint density at radius 3 is 2.47 bits per heavy atom. The number of pyridine rings is 1. The molecule has 0 atom stereocenters. The molecule has 2 nitrogen and oxygen atoms in total. The van der Waals surface area contributed by atoms with Crippen LogP contribution in [0.25, 0.3) is 0 Å². The molecule has 0 saturated heterocycles. The van der Waals surface area contributed by atoms with Gasteiger partial charge < -0.3 is 4.74 Å². The molecule has 0 radical (unpaired) electrons. The third kappa shape index (κ3) is 3.35. The number of ether oxygens (including phenoxy) is 1. The topological polar surface area (TPSA) is 22.1 Å². The van der Waals surface area contributed by atoms with E-state index in [0.717, 1.165) is 4.47 Å². The lowest BCUT2D eigenvalue weighted by molar-refractivity contribution is 0.461.